The third kappa shape index (κ3) is 4.74. The molecule has 0 radical (unpaired) electrons. The van der Waals surface area contributed by atoms with Crippen molar-refractivity contribution in [2.75, 3.05) is 0 Å². The Labute approximate surface area is 161 Å². The molecule has 4 nitrogen and oxygen atoms in total. The standard InChI is InChI=1S/C23H30N2O2/c1-4-5-12-25-23(27)15-20-13-17(6-11-21(20)24-25)14-22(26)19-9-7-18(8-10-19)16(2)3/h7-10,15-17H,4-6,11-14H2,1-3H3. The Bertz CT molecular complexity index is 850. The molecule has 1 aliphatic carbocycles. The van der Waals surface area contributed by atoms with Crippen LogP contribution in [-0.2, 0) is 19.4 Å². The lowest BCUT2D eigenvalue weighted by Crippen LogP contribution is -2.28. The molecule has 4 heteroatoms. The second-order valence-electron chi connectivity index (χ2n) is 8.04. The summed E-state index contributed by atoms with van der Waals surface area (Å²) in [4.78, 5) is 24.9. The number of fused-ring (bicyclic) bond motifs is 1. The van der Waals surface area contributed by atoms with E-state index in [2.05, 4.69) is 38.0 Å². The van der Waals surface area contributed by atoms with Gasteiger partial charge in [-0.2, -0.15) is 5.10 Å². The number of nitrogens with zero attached hydrogens (tertiary/aromatic N) is 2. The average molecular weight is 367 g/mol. The molecular weight excluding hydrogens is 336 g/mol. The van der Waals surface area contributed by atoms with E-state index in [4.69, 9.17) is 0 Å². The molecule has 1 unspecified atom stereocenters. The van der Waals surface area contributed by atoms with Gasteiger partial charge < -0.3 is 0 Å². The van der Waals surface area contributed by atoms with Crippen molar-refractivity contribution in [1.29, 1.82) is 0 Å². The summed E-state index contributed by atoms with van der Waals surface area (Å²) in [6, 6.07) is 9.74. The van der Waals surface area contributed by atoms with Crippen LogP contribution >= 0.6 is 0 Å². The first-order chi connectivity index (χ1) is 13.0. The average Bonchev–Trinajstić information content (AvgIpc) is 2.66. The van der Waals surface area contributed by atoms with Gasteiger partial charge in [0.15, 0.2) is 5.78 Å². The van der Waals surface area contributed by atoms with Crippen molar-refractivity contribution < 1.29 is 4.79 Å². The second-order valence-corrected chi connectivity index (χ2v) is 8.04. The normalized spacial score (nSPS) is 16.4. The highest BCUT2D eigenvalue weighted by Gasteiger charge is 2.23. The maximum Gasteiger partial charge on any atom is 0.267 e. The van der Waals surface area contributed by atoms with E-state index < -0.39 is 0 Å². The van der Waals surface area contributed by atoms with Crippen LogP contribution in [-0.4, -0.2) is 15.6 Å². The van der Waals surface area contributed by atoms with Crippen molar-refractivity contribution in [2.45, 2.75) is 71.8 Å². The van der Waals surface area contributed by atoms with Gasteiger partial charge in [0.1, 0.15) is 0 Å². The fraction of sp³-hybridized carbons (Fsp3) is 0.522. The smallest absolute Gasteiger partial charge is 0.267 e. The van der Waals surface area contributed by atoms with E-state index in [1.807, 2.05) is 12.1 Å². The Kier molecular flexibility index (Phi) is 6.25. The summed E-state index contributed by atoms with van der Waals surface area (Å²) in [6.07, 6.45) is 5.15. The van der Waals surface area contributed by atoms with Gasteiger partial charge in [-0.1, -0.05) is 51.5 Å². The third-order valence-electron chi connectivity index (χ3n) is 5.56. The maximum absolute atomic E-state index is 12.7. The highest BCUT2D eigenvalue weighted by Crippen LogP contribution is 2.27. The summed E-state index contributed by atoms with van der Waals surface area (Å²) in [5.74, 6) is 0.961. The van der Waals surface area contributed by atoms with Crippen LogP contribution in [0.4, 0.5) is 0 Å². The summed E-state index contributed by atoms with van der Waals surface area (Å²) in [5, 5.41) is 4.57. The lowest BCUT2D eigenvalue weighted by atomic mass is 9.83. The molecule has 1 aromatic carbocycles. The van der Waals surface area contributed by atoms with Crippen LogP contribution in [0.15, 0.2) is 35.1 Å². The molecule has 144 valence electrons. The number of aromatic nitrogens is 2. The van der Waals surface area contributed by atoms with Crippen LogP contribution in [0.3, 0.4) is 0 Å². The van der Waals surface area contributed by atoms with E-state index in [1.165, 1.54) is 5.56 Å². The van der Waals surface area contributed by atoms with E-state index in [0.717, 1.165) is 48.9 Å². The number of unbranched alkanes of at least 4 members (excludes halogenated alkanes) is 1. The first kappa shape index (κ1) is 19.5. The minimum absolute atomic E-state index is 0.0153. The van der Waals surface area contributed by atoms with Crippen molar-refractivity contribution in [3.63, 3.8) is 0 Å². The fourth-order valence-corrected chi connectivity index (χ4v) is 3.78. The van der Waals surface area contributed by atoms with Crippen molar-refractivity contribution >= 4 is 5.78 Å². The highest BCUT2D eigenvalue weighted by molar-refractivity contribution is 5.96. The van der Waals surface area contributed by atoms with Crippen LogP contribution in [0.25, 0.3) is 0 Å². The highest BCUT2D eigenvalue weighted by atomic mass is 16.1. The first-order valence-corrected chi connectivity index (χ1v) is 10.2. The van der Waals surface area contributed by atoms with Gasteiger partial charge in [0.25, 0.3) is 5.56 Å². The molecule has 1 aromatic heterocycles. The SMILES string of the molecule is CCCCn1nc2c(cc1=O)CC(CC(=O)c1ccc(C(C)C)cc1)CC2. The lowest BCUT2D eigenvalue weighted by molar-refractivity contribution is 0.0957. The number of aryl methyl sites for hydroxylation is 2. The van der Waals surface area contributed by atoms with Gasteiger partial charge in [-0.25, -0.2) is 4.68 Å². The molecule has 1 atom stereocenters. The third-order valence-corrected chi connectivity index (χ3v) is 5.56. The van der Waals surface area contributed by atoms with Gasteiger partial charge in [0.05, 0.1) is 5.69 Å². The number of rotatable bonds is 7. The Morgan fingerprint density at radius 3 is 2.67 bits per heavy atom. The van der Waals surface area contributed by atoms with Crippen molar-refractivity contribution in [1.82, 2.24) is 9.78 Å². The lowest BCUT2D eigenvalue weighted by Gasteiger charge is -2.23. The molecule has 3 rings (SSSR count). The number of carbonyl (C=O) groups excluding carboxylic acids is 1. The van der Waals surface area contributed by atoms with Crippen LogP contribution in [0, 0.1) is 5.92 Å². The molecule has 1 aliphatic rings. The Morgan fingerprint density at radius 1 is 1.26 bits per heavy atom. The fourth-order valence-electron chi connectivity index (χ4n) is 3.78. The number of ketones is 1. The number of hydrogen-bond acceptors (Lipinski definition) is 3. The van der Waals surface area contributed by atoms with E-state index in [9.17, 15) is 9.59 Å². The quantitative estimate of drug-likeness (QED) is 0.676. The van der Waals surface area contributed by atoms with Gasteiger partial charge in [0.2, 0.25) is 0 Å². The predicted octanol–water partition coefficient (Wildman–Crippen LogP) is 4.54. The molecule has 1 heterocycles. The first-order valence-electron chi connectivity index (χ1n) is 10.2. The molecule has 0 spiro atoms. The van der Waals surface area contributed by atoms with Gasteiger partial charge in [0, 0.05) is 24.6 Å². The Morgan fingerprint density at radius 2 is 2.00 bits per heavy atom. The number of benzene rings is 1. The van der Waals surface area contributed by atoms with Crippen LogP contribution in [0.1, 0.15) is 79.6 Å². The zero-order valence-corrected chi connectivity index (χ0v) is 16.7. The number of hydrogen-bond donors (Lipinski definition) is 0. The molecule has 0 N–H and O–H groups in total. The van der Waals surface area contributed by atoms with Crippen molar-refractivity contribution in [2.24, 2.45) is 5.92 Å². The largest absolute Gasteiger partial charge is 0.294 e. The molecule has 2 aromatic rings. The van der Waals surface area contributed by atoms with Gasteiger partial charge in [-0.15, -0.1) is 0 Å². The van der Waals surface area contributed by atoms with Gasteiger partial charge >= 0.3 is 0 Å². The molecule has 0 saturated carbocycles. The van der Waals surface area contributed by atoms with Crippen molar-refractivity contribution in [3.8, 4) is 0 Å². The van der Waals surface area contributed by atoms with E-state index in [1.54, 1.807) is 10.7 Å². The van der Waals surface area contributed by atoms with Gasteiger partial charge in [-0.3, -0.25) is 9.59 Å². The van der Waals surface area contributed by atoms with Crippen LogP contribution < -0.4 is 5.56 Å². The van der Waals surface area contributed by atoms with E-state index >= 15 is 0 Å². The number of Topliss-reactive ketones (excluding diaryl/α,β-unsaturated/α-hetero) is 1. The van der Waals surface area contributed by atoms with Gasteiger partial charge in [-0.05, 0) is 48.6 Å². The molecule has 0 fully saturated rings. The van der Waals surface area contributed by atoms with Crippen molar-refractivity contribution in [3.05, 3.63) is 63.1 Å². The number of carbonyl (C=O) groups is 1. The summed E-state index contributed by atoms with van der Waals surface area (Å²) in [6.45, 7) is 7.11. The molecule has 0 amide bonds. The predicted molar refractivity (Wildman–Crippen MR) is 108 cm³/mol. The summed E-state index contributed by atoms with van der Waals surface area (Å²) in [7, 11) is 0. The van der Waals surface area contributed by atoms with Crippen LogP contribution in [0.5, 0.6) is 0 Å². The topological polar surface area (TPSA) is 52.0 Å². The summed E-state index contributed by atoms with van der Waals surface area (Å²) < 4.78 is 1.60. The maximum atomic E-state index is 12.7. The molecule has 0 saturated heterocycles. The minimum atomic E-state index is -0.0153. The Balaban J connectivity index is 1.66. The summed E-state index contributed by atoms with van der Waals surface area (Å²) >= 11 is 0. The zero-order chi connectivity index (χ0) is 19.4. The molecular formula is C23H30N2O2. The minimum Gasteiger partial charge on any atom is -0.294 e. The molecule has 0 bridgehead atoms. The van der Waals surface area contributed by atoms with Crippen LogP contribution in [0.2, 0.25) is 0 Å². The zero-order valence-electron chi connectivity index (χ0n) is 16.7. The second kappa shape index (κ2) is 8.64. The van der Waals surface area contributed by atoms with E-state index in [0.29, 0.717) is 24.8 Å². The van der Waals surface area contributed by atoms with E-state index in [-0.39, 0.29) is 11.3 Å². The monoisotopic (exact) mass is 366 g/mol. The summed E-state index contributed by atoms with van der Waals surface area (Å²) in [5.41, 5.74) is 4.10. The molecule has 27 heavy (non-hydrogen) atoms. The Hall–Kier alpha value is -2.23. The molecule has 0 aliphatic heterocycles.